The Morgan fingerprint density at radius 3 is 2.55 bits per heavy atom. The first-order valence-electron chi connectivity index (χ1n) is 11.3. The Bertz CT molecular complexity index is 1230. The summed E-state index contributed by atoms with van der Waals surface area (Å²) in [5, 5.41) is 0. The zero-order chi connectivity index (χ0) is 21.5. The van der Waals surface area contributed by atoms with Gasteiger partial charge in [0.05, 0.1) is 0 Å². The molecule has 0 N–H and O–H groups in total. The monoisotopic (exact) mass is 422 g/mol. The third-order valence-corrected chi connectivity index (χ3v) is 6.62. The van der Waals surface area contributed by atoms with Gasteiger partial charge in [0.1, 0.15) is 0 Å². The second kappa shape index (κ2) is 8.00. The number of imidazole rings is 1. The molecule has 0 radical (unpaired) electrons. The molecule has 3 aromatic rings. The van der Waals surface area contributed by atoms with Crippen molar-refractivity contribution in [2.24, 2.45) is 7.05 Å². The summed E-state index contributed by atoms with van der Waals surface area (Å²) in [6.45, 7) is 6.88. The van der Waals surface area contributed by atoms with E-state index in [9.17, 15) is 9.59 Å². The third kappa shape index (κ3) is 3.48. The van der Waals surface area contributed by atoms with E-state index in [4.69, 9.17) is 4.98 Å². The highest BCUT2D eigenvalue weighted by Gasteiger charge is 2.27. The van der Waals surface area contributed by atoms with Gasteiger partial charge in [-0.2, -0.15) is 4.98 Å². The number of likely N-dealkylation sites (tertiary alicyclic amines) is 1. The number of hydrogen-bond donors (Lipinski definition) is 0. The lowest BCUT2D eigenvalue weighted by Gasteiger charge is -2.29. The zero-order valence-electron chi connectivity index (χ0n) is 18.4. The lowest BCUT2D eigenvalue weighted by atomic mass is 10.1. The number of rotatable bonds is 4. The van der Waals surface area contributed by atoms with Gasteiger partial charge in [0, 0.05) is 38.9 Å². The predicted octanol–water partition coefficient (Wildman–Crippen LogP) is 2.23. The molecule has 5 rings (SSSR count). The molecule has 0 aliphatic carbocycles. The van der Waals surface area contributed by atoms with Crippen LogP contribution >= 0.6 is 0 Å². The van der Waals surface area contributed by atoms with Crippen molar-refractivity contribution >= 4 is 22.8 Å². The number of aromatic nitrogens is 4. The van der Waals surface area contributed by atoms with Gasteiger partial charge in [0.25, 0.3) is 5.56 Å². The molecule has 4 heterocycles. The molecule has 2 aliphatic rings. The third-order valence-electron chi connectivity index (χ3n) is 6.62. The molecule has 2 aliphatic heterocycles. The highest BCUT2D eigenvalue weighted by Crippen LogP contribution is 2.31. The molecule has 1 fully saturated rings. The van der Waals surface area contributed by atoms with Crippen LogP contribution in [-0.2, 0) is 20.1 Å². The van der Waals surface area contributed by atoms with Gasteiger partial charge in [0.15, 0.2) is 11.2 Å². The van der Waals surface area contributed by atoms with Crippen LogP contribution in [0.2, 0.25) is 0 Å². The average Bonchev–Trinajstić information content (AvgIpc) is 3.18. The lowest BCUT2D eigenvalue weighted by molar-refractivity contribution is 0.218. The van der Waals surface area contributed by atoms with Crippen molar-refractivity contribution in [2.45, 2.75) is 45.7 Å². The fraction of sp³-hybridized carbons (Fsp3) is 0.522. The summed E-state index contributed by atoms with van der Waals surface area (Å²) >= 11 is 0. The van der Waals surface area contributed by atoms with E-state index in [1.807, 2.05) is 10.6 Å². The van der Waals surface area contributed by atoms with Crippen LogP contribution < -0.4 is 16.1 Å². The Balaban J connectivity index is 1.58. The van der Waals surface area contributed by atoms with Crippen LogP contribution in [0.5, 0.6) is 0 Å². The molecule has 0 atom stereocenters. The average molecular weight is 423 g/mol. The Labute approximate surface area is 181 Å². The smallest absolute Gasteiger partial charge is 0.312 e. The molecular formula is C23H30N6O2. The fourth-order valence-electron chi connectivity index (χ4n) is 4.93. The summed E-state index contributed by atoms with van der Waals surface area (Å²) in [4.78, 5) is 35.8. The van der Waals surface area contributed by atoms with Crippen LogP contribution in [0.3, 0.4) is 0 Å². The Hall–Kier alpha value is -2.87. The molecular weight excluding hydrogens is 392 g/mol. The Morgan fingerprint density at radius 1 is 0.968 bits per heavy atom. The molecule has 0 bridgehead atoms. The molecule has 2 aromatic heterocycles. The van der Waals surface area contributed by atoms with Crippen molar-refractivity contribution in [3.63, 3.8) is 0 Å². The largest absolute Gasteiger partial charge is 0.332 e. The Kier molecular flexibility index (Phi) is 5.17. The van der Waals surface area contributed by atoms with Gasteiger partial charge < -0.3 is 14.4 Å². The maximum atomic E-state index is 13.5. The molecule has 0 unspecified atom stereocenters. The molecule has 0 saturated carbocycles. The van der Waals surface area contributed by atoms with Crippen LogP contribution in [0.15, 0.2) is 33.9 Å². The van der Waals surface area contributed by atoms with Crippen molar-refractivity contribution in [3.05, 3.63) is 50.7 Å². The van der Waals surface area contributed by atoms with Crippen molar-refractivity contribution in [1.82, 2.24) is 23.6 Å². The minimum Gasteiger partial charge on any atom is -0.312 e. The highest BCUT2D eigenvalue weighted by molar-refractivity contribution is 5.77. The van der Waals surface area contributed by atoms with Crippen LogP contribution in [0.1, 0.15) is 31.2 Å². The number of piperidine rings is 1. The quantitative estimate of drug-likeness (QED) is 0.645. The van der Waals surface area contributed by atoms with Gasteiger partial charge >= 0.3 is 5.69 Å². The van der Waals surface area contributed by atoms with Crippen LogP contribution in [0.4, 0.5) is 11.6 Å². The lowest BCUT2D eigenvalue weighted by Crippen LogP contribution is -2.43. The first-order chi connectivity index (χ1) is 15.0. The van der Waals surface area contributed by atoms with E-state index in [0.717, 1.165) is 50.8 Å². The van der Waals surface area contributed by atoms with Gasteiger partial charge in [-0.25, -0.2) is 4.79 Å². The molecule has 1 saturated heterocycles. The van der Waals surface area contributed by atoms with E-state index >= 15 is 0 Å². The molecule has 164 valence electrons. The number of aryl methyl sites for hydroxylation is 3. The molecule has 0 spiro atoms. The van der Waals surface area contributed by atoms with Crippen molar-refractivity contribution in [1.29, 1.82) is 0 Å². The highest BCUT2D eigenvalue weighted by atomic mass is 16.2. The molecule has 8 nitrogen and oxygen atoms in total. The first kappa shape index (κ1) is 20.1. The standard InChI is InChI=1S/C23H30N6O2/c1-17-8-6-9-18(16-17)27-12-7-13-28-19-20(24-22(27)28)25(2)23(31)29(21(19)30)15-14-26-10-4-3-5-11-26/h6,8-9,16H,3-5,7,10-15H2,1-2H3. The Morgan fingerprint density at radius 2 is 1.77 bits per heavy atom. The van der Waals surface area contributed by atoms with E-state index < -0.39 is 0 Å². The van der Waals surface area contributed by atoms with Gasteiger partial charge in [0.2, 0.25) is 5.95 Å². The van der Waals surface area contributed by atoms with E-state index in [1.54, 1.807) is 7.05 Å². The number of anilines is 2. The first-order valence-corrected chi connectivity index (χ1v) is 11.3. The second-order valence-electron chi connectivity index (χ2n) is 8.78. The van der Waals surface area contributed by atoms with Crippen molar-refractivity contribution in [2.75, 3.05) is 31.1 Å². The van der Waals surface area contributed by atoms with Crippen LogP contribution in [-0.4, -0.2) is 49.8 Å². The van der Waals surface area contributed by atoms with E-state index in [0.29, 0.717) is 17.7 Å². The maximum absolute atomic E-state index is 13.5. The summed E-state index contributed by atoms with van der Waals surface area (Å²) in [6.07, 6.45) is 4.57. The fourth-order valence-corrected chi connectivity index (χ4v) is 4.93. The van der Waals surface area contributed by atoms with E-state index in [-0.39, 0.29) is 11.2 Å². The number of hydrogen-bond acceptors (Lipinski definition) is 5. The summed E-state index contributed by atoms with van der Waals surface area (Å²) in [6, 6.07) is 8.31. The minimum atomic E-state index is -0.285. The van der Waals surface area contributed by atoms with E-state index in [2.05, 4.69) is 34.9 Å². The van der Waals surface area contributed by atoms with E-state index in [1.165, 1.54) is 34.0 Å². The van der Waals surface area contributed by atoms with Gasteiger partial charge in [-0.15, -0.1) is 0 Å². The van der Waals surface area contributed by atoms with Crippen LogP contribution in [0.25, 0.3) is 11.2 Å². The summed E-state index contributed by atoms with van der Waals surface area (Å²) in [5.74, 6) is 0.743. The molecule has 8 heteroatoms. The number of fused-ring (bicyclic) bond motifs is 3. The van der Waals surface area contributed by atoms with Crippen molar-refractivity contribution in [3.8, 4) is 0 Å². The zero-order valence-corrected chi connectivity index (χ0v) is 18.4. The topological polar surface area (TPSA) is 68.3 Å². The van der Waals surface area contributed by atoms with Gasteiger partial charge in [-0.05, 0) is 57.0 Å². The maximum Gasteiger partial charge on any atom is 0.332 e. The predicted molar refractivity (Wildman–Crippen MR) is 122 cm³/mol. The molecule has 31 heavy (non-hydrogen) atoms. The summed E-state index contributed by atoms with van der Waals surface area (Å²) in [5.41, 5.74) is 2.74. The van der Waals surface area contributed by atoms with Crippen molar-refractivity contribution < 1.29 is 0 Å². The summed E-state index contributed by atoms with van der Waals surface area (Å²) in [7, 11) is 1.72. The van der Waals surface area contributed by atoms with Gasteiger partial charge in [-0.1, -0.05) is 18.6 Å². The molecule has 0 amide bonds. The second-order valence-corrected chi connectivity index (χ2v) is 8.78. The molecule has 1 aromatic carbocycles. The minimum absolute atomic E-state index is 0.222. The van der Waals surface area contributed by atoms with Crippen LogP contribution in [0, 0.1) is 6.92 Å². The normalized spacial score (nSPS) is 17.3. The number of benzene rings is 1. The SMILES string of the molecule is Cc1cccc(N2CCCn3c2nc2c3c(=O)n(CCN3CCCCC3)c(=O)n2C)c1. The van der Waals surface area contributed by atoms with Gasteiger partial charge in [-0.3, -0.25) is 13.9 Å². The number of nitrogens with zero attached hydrogens (tertiary/aromatic N) is 6. The summed E-state index contributed by atoms with van der Waals surface area (Å²) < 4.78 is 4.94.